The molecule has 1 amide bonds. The van der Waals surface area contributed by atoms with Crippen LogP contribution in [0.5, 0.6) is 0 Å². The summed E-state index contributed by atoms with van der Waals surface area (Å²) in [4.78, 5) is 12.1. The van der Waals surface area contributed by atoms with Crippen LogP contribution in [0.2, 0.25) is 10.0 Å². The minimum absolute atomic E-state index is 0.121. The third-order valence-electron chi connectivity index (χ3n) is 3.62. The van der Waals surface area contributed by atoms with Gasteiger partial charge in [-0.1, -0.05) is 23.2 Å². The van der Waals surface area contributed by atoms with Gasteiger partial charge in [-0.2, -0.15) is 0 Å². The molecule has 0 aliphatic heterocycles. The van der Waals surface area contributed by atoms with Gasteiger partial charge in [0, 0.05) is 5.02 Å². The predicted octanol–water partition coefficient (Wildman–Crippen LogP) is 3.67. The Kier molecular flexibility index (Phi) is 6.23. The van der Waals surface area contributed by atoms with Gasteiger partial charge in [-0.25, -0.2) is 21.9 Å². The number of hydrogen-bond donors (Lipinski definition) is 2. The number of nitrogens with one attached hydrogen (secondary N) is 2. The summed E-state index contributed by atoms with van der Waals surface area (Å²) in [6.07, 6.45) is 0. The maximum atomic E-state index is 14.0. The molecule has 0 aromatic heterocycles. The Bertz CT molecular complexity index is 968. The fourth-order valence-electron chi connectivity index (χ4n) is 2.19. The van der Waals surface area contributed by atoms with Crippen LogP contribution >= 0.6 is 23.2 Å². The molecule has 2 aromatic rings. The first kappa shape index (κ1) is 20.6. The molecule has 0 heterocycles. The van der Waals surface area contributed by atoms with Crippen LogP contribution in [0.1, 0.15) is 28.9 Å². The lowest BCUT2D eigenvalue weighted by Crippen LogP contribution is -2.28. The van der Waals surface area contributed by atoms with Crippen LogP contribution < -0.4 is 10.0 Å². The Morgan fingerprint density at radius 2 is 1.73 bits per heavy atom. The van der Waals surface area contributed by atoms with Crippen LogP contribution in [0.4, 0.5) is 8.78 Å². The fraction of sp³-hybridized carbons (Fsp3) is 0.188. The van der Waals surface area contributed by atoms with Crippen molar-refractivity contribution in [3.8, 4) is 0 Å². The molecule has 140 valence electrons. The van der Waals surface area contributed by atoms with Crippen LogP contribution in [-0.2, 0) is 10.0 Å². The summed E-state index contributed by atoms with van der Waals surface area (Å²) in [5.41, 5.74) is -0.236. The molecule has 1 unspecified atom stereocenters. The van der Waals surface area contributed by atoms with Crippen LogP contribution in [0.25, 0.3) is 0 Å². The lowest BCUT2D eigenvalue weighted by molar-refractivity contribution is 0.0935. The monoisotopic (exact) mass is 422 g/mol. The zero-order chi connectivity index (χ0) is 19.6. The summed E-state index contributed by atoms with van der Waals surface area (Å²) in [6.45, 7) is 1.51. The van der Waals surface area contributed by atoms with Crippen molar-refractivity contribution in [2.75, 3.05) is 7.05 Å². The lowest BCUT2D eigenvalue weighted by atomic mass is 10.1. The Labute approximate surface area is 159 Å². The first-order chi connectivity index (χ1) is 12.1. The van der Waals surface area contributed by atoms with E-state index >= 15 is 0 Å². The van der Waals surface area contributed by atoms with Gasteiger partial charge in [-0.15, -0.1) is 0 Å². The summed E-state index contributed by atoms with van der Waals surface area (Å²) in [5, 5.41) is 2.40. The van der Waals surface area contributed by atoms with Gasteiger partial charge in [0.15, 0.2) is 0 Å². The molecule has 26 heavy (non-hydrogen) atoms. The smallest absolute Gasteiger partial charge is 0.254 e. The van der Waals surface area contributed by atoms with Crippen molar-refractivity contribution >= 4 is 39.1 Å². The minimum Gasteiger partial charge on any atom is -0.345 e. The van der Waals surface area contributed by atoms with E-state index in [2.05, 4.69) is 10.0 Å². The zero-order valence-electron chi connectivity index (χ0n) is 13.6. The highest BCUT2D eigenvalue weighted by atomic mass is 35.5. The molecule has 0 saturated carbocycles. The Balaban J connectivity index is 2.33. The molecular formula is C16H14Cl2F2N2O3S. The molecule has 1 atom stereocenters. The number of amides is 1. The molecular weight excluding hydrogens is 409 g/mol. The van der Waals surface area contributed by atoms with E-state index < -0.39 is 39.2 Å². The topological polar surface area (TPSA) is 75.3 Å². The largest absolute Gasteiger partial charge is 0.345 e. The minimum atomic E-state index is -3.85. The van der Waals surface area contributed by atoms with Crippen molar-refractivity contribution < 1.29 is 22.0 Å². The van der Waals surface area contributed by atoms with E-state index in [4.69, 9.17) is 23.2 Å². The molecule has 0 saturated heterocycles. The molecule has 0 aliphatic rings. The highest BCUT2D eigenvalue weighted by Crippen LogP contribution is 2.29. The number of hydrogen-bond acceptors (Lipinski definition) is 3. The second-order valence-corrected chi connectivity index (χ2v) is 8.03. The Morgan fingerprint density at radius 1 is 1.08 bits per heavy atom. The van der Waals surface area contributed by atoms with Crippen LogP contribution in [0.3, 0.4) is 0 Å². The predicted molar refractivity (Wildman–Crippen MR) is 94.9 cm³/mol. The summed E-state index contributed by atoms with van der Waals surface area (Å²) in [6, 6.07) is 4.29. The van der Waals surface area contributed by atoms with Crippen molar-refractivity contribution in [2.24, 2.45) is 0 Å². The van der Waals surface area contributed by atoms with Crippen LogP contribution in [-0.4, -0.2) is 21.4 Å². The lowest BCUT2D eigenvalue weighted by Gasteiger charge is -2.17. The number of sulfonamides is 1. The van der Waals surface area contributed by atoms with Gasteiger partial charge in [0.2, 0.25) is 10.0 Å². The highest BCUT2D eigenvalue weighted by Gasteiger charge is 2.21. The summed E-state index contributed by atoms with van der Waals surface area (Å²) < 4.78 is 53.3. The third-order valence-corrected chi connectivity index (χ3v) is 5.64. The van der Waals surface area contributed by atoms with Crippen LogP contribution in [0.15, 0.2) is 35.2 Å². The van der Waals surface area contributed by atoms with E-state index in [1.54, 1.807) is 0 Å². The average Bonchev–Trinajstić information content (AvgIpc) is 2.58. The fourth-order valence-corrected chi connectivity index (χ4v) is 3.49. The number of rotatable bonds is 5. The maximum Gasteiger partial charge on any atom is 0.254 e. The number of carbonyl (C=O) groups excluding carboxylic acids is 1. The summed E-state index contributed by atoms with van der Waals surface area (Å²) in [7, 11) is -2.66. The average molecular weight is 423 g/mol. The van der Waals surface area contributed by atoms with E-state index in [0.717, 1.165) is 24.3 Å². The summed E-state index contributed by atoms with van der Waals surface area (Å²) >= 11 is 11.6. The molecule has 0 bridgehead atoms. The highest BCUT2D eigenvalue weighted by molar-refractivity contribution is 7.89. The van der Waals surface area contributed by atoms with Crippen molar-refractivity contribution in [2.45, 2.75) is 17.9 Å². The van der Waals surface area contributed by atoms with Gasteiger partial charge in [0.1, 0.15) is 11.6 Å². The van der Waals surface area contributed by atoms with Gasteiger partial charge >= 0.3 is 0 Å². The first-order valence-electron chi connectivity index (χ1n) is 7.25. The van der Waals surface area contributed by atoms with Crippen molar-refractivity contribution in [3.63, 3.8) is 0 Å². The Morgan fingerprint density at radius 3 is 2.35 bits per heavy atom. The summed E-state index contributed by atoms with van der Waals surface area (Å²) in [5.74, 6) is -2.51. The molecule has 0 fully saturated rings. The quantitative estimate of drug-likeness (QED) is 0.721. The van der Waals surface area contributed by atoms with Gasteiger partial charge in [-0.05, 0) is 49.9 Å². The second kappa shape index (κ2) is 7.87. The van der Waals surface area contributed by atoms with E-state index in [0.29, 0.717) is 0 Å². The molecule has 5 nitrogen and oxygen atoms in total. The maximum absolute atomic E-state index is 14.0. The number of benzene rings is 2. The van der Waals surface area contributed by atoms with Gasteiger partial charge in [0.25, 0.3) is 5.91 Å². The van der Waals surface area contributed by atoms with Crippen molar-refractivity contribution in [1.29, 1.82) is 0 Å². The van der Waals surface area contributed by atoms with Gasteiger partial charge in [0.05, 0.1) is 21.5 Å². The number of halogens is 4. The second-order valence-electron chi connectivity index (χ2n) is 5.33. The van der Waals surface area contributed by atoms with Gasteiger partial charge in [-0.3, -0.25) is 4.79 Å². The SMILES string of the molecule is CNS(=O)(=O)c1ccc(F)c(C(=O)NC(C)c2cc(F)c(Cl)cc2Cl)c1. The molecule has 2 rings (SSSR count). The van der Waals surface area contributed by atoms with E-state index in [1.165, 1.54) is 20.0 Å². The first-order valence-corrected chi connectivity index (χ1v) is 9.49. The van der Waals surface area contributed by atoms with Crippen molar-refractivity contribution in [1.82, 2.24) is 10.0 Å². The zero-order valence-corrected chi connectivity index (χ0v) is 15.9. The van der Waals surface area contributed by atoms with Crippen LogP contribution in [0, 0.1) is 11.6 Å². The molecule has 2 aromatic carbocycles. The number of carbonyl (C=O) groups is 1. The third kappa shape index (κ3) is 4.32. The molecule has 0 radical (unpaired) electrons. The Hall–Kier alpha value is -1.74. The molecule has 2 N–H and O–H groups in total. The van der Waals surface area contributed by atoms with E-state index in [1.807, 2.05) is 0 Å². The normalized spacial score (nSPS) is 12.7. The molecule has 10 heteroatoms. The van der Waals surface area contributed by atoms with Crippen molar-refractivity contribution in [3.05, 3.63) is 63.1 Å². The standard InChI is InChI=1S/C16H14Cl2F2N2O3S/c1-8(10-6-15(20)13(18)7-12(10)17)22-16(23)11-5-9(3-4-14(11)19)26(24,25)21-2/h3-8,21H,1-2H3,(H,22,23). The molecule has 0 aliphatic carbocycles. The van der Waals surface area contributed by atoms with E-state index in [-0.39, 0.29) is 20.5 Å². The molecule has 0 spiro atoms. The van der Waals surface area contributed by atoms with Gasteiger partial charge < -0.3 is 5.32 Å². The van der Waals surface area contributed by atoms with E-state index in [9.17, 15) is 22.0 Å².